The molecule has 2 fully saturated rings. The van der Waals surface area contributed by atoms with Gasteiger partial charge in [-0.25, -0.2) is 17.9 Å². The van der Waals surface area contributed by atoms with Gasteiger partial charge in [0.2, 0.25) is 0 Å². The first-order valence-corrected chi connectivity index (χ1v) is 14.1. The van der Waals surface area contributed by atoms with Gasteiger partial charge in [0.1, 0.15) is 42.0 Å². The molecule has 5 aromatic rings. The topological polar surface area (TPSA) is 109 Å². The van der Waals surface area contributed by atoms with E-state index in [1.165, 1.54) is 10.9 Å². The van der Waals surface area contributed by atoms with E-state index in [0.29, 0.717) is 22.4 Å². The van der Waals surface area contributed by atoms with Crippen molar-refractivity contribution in [3.05, 3.63) is 113 Å². The van der Waals surface area contributed by atoms with Gasteiger partial charge in [-0.1, -0.05) is 53.2 Å². The lowest BCUT2D eigenvalue weighted by Crippen LogP contribution is -2.57. The Balaban J connectivity index is 1.29. The van der Waals surface area contributed by atoms with Crippen LogP contribution in [0.2, 0.25) is 5.02 Å². The molecule has 3 aromatic carbocycles. The number of aliphatic hydroxyl groups excluding tert-OH is 1. The van der Waals surface area contributed by atoms with Crippen molar-refractivity contribution in [3.63, 3.8) is 0 Å². The minimum Gasteiger partial charge on any atom is -0.388 e. The maximum atomic E-state index is 14.0. The second-order valence-corrected chi connectivity index (χ2v) is 10.9. The van der Waals surface area contributed by atoms with Gasteiger partial charge in [0.25, 0.3) is 0 Å². The van der Waals surface area contributed by atoms with E-state index in [9.17, 15) is 18.3 Å². The molecule has 0 amide bonds. The van der Waals surface area contributed by atoms with Crippen LogP contribution in [0.15, 0.2) is 72.9 Å². The van der Waals surface area contributed by atoms with Crippen LogP contribution >= 0.6 is 11.6 Å². The normalized spacial score (nSPS) is 25.1. The summed E-state index contributed by atoms with van der Waals surface area (Å²) in [6, 6.07) is 17.1. The largest absolute Gasteiger partial charge is 0.388 e. The van der Waals surface area contributed by atoms with E-state index < -0.39 is 54.2 Å². The third kappa shape index (κ3) is 5.06. The van der Waals surface area contributed by atoms with E-state index in [1.54, 1.807) is 29.7 Å². The lowest BCUT2D eigenvalue weighted by atomic mass is 9.91. The van der Waals surface area contributed by atoms with Gasteiger partial charge in [-0.15, -0.1) is 15.3 Å². The Morgan fingerprint density at radius 1 is 0.932 bits per heavy atom. The summed E-state index contributed by atoms with van der Waals surface area (Å²) >= 11 is 6.27. The van der Waals surface area contributed by atoms with Crippen molar-refractivity contribution in [2.75, 3.05) is 6.61 Å². The number of halogens is 4. The highest BCUT2D eigenvalue weighted by Crippen LogP contribution is 2.44. The zero-order chi connectivity index (χ0) is 30.5. The summed E-state index contributed by atoms with van der Waals surface area (Å²) in [7, 11) is 0. The molecular weight excluding hydrogens is 601 g/mol. The molecule has 0 spiro atoms. The Kier molecular flexibility index (Phi) is 7.42. The molecule has 14 heteroatoms. The van der Waals surface area contributed by atoms with Crippen molar-refractivity contribution in [2.45, 2.75) is 43.7 Å². The maximum Gasteiger partial charge on any atom is 0.194 e. The standard InChI is InChI=1S/C30H24ClF3N6O4/c1-15-35-37-29(40(15)19-9-5-8-18(31)12-19)28-26(41)25(27-23(43-28)14-42-30(44-27)16-6-3-2-4-7-16)39-13-22(36-38-39)17-10-20(32)24(34)21(33)11-17/h2-13,23,25-28,30,41H,14H2,1H3/t23-,25-,26-,27+,28-,30?/m1/s1. The maximum absolute atomic E-state index is 14.0. The average molecular weight is 625 g/mol. The summed E-state index contributed by atoms with van der Waals surface area (Å²) in [4.78, 5) is 0. The molecule has 2 aliphatic rings. The van der Waals surface area contributed by atoms with Gasteiger partial charge < -0.3 is 19.3 Å². The number of hydrogen-bond donors (Lipinski definition) is 1. The lowest BCUT2D eigenvalue weighted by molar-refractivity contribution is -0.319. The highest BCUT2D eigenvalue weighted by molar-refractivity contribution is 6.30. The van der Waals surface area contributed by atoms with Crippen LogP contribution in [0.5, 0.6) is 0 Å². The molecular formula is C30H24ClF3N6O4. The van der Waals surface area contributed by atoms with Crippen molar-refractivity contribution in [1.82, 2.24) is 29.8 Å². The zero-order valence-corrected chi connectivity index (χ0v) is 23.7. The van der Waals surface area contributed by atoms with Crippen molar-refractivity contribution < 1.29 is 32.5 Å². The molecule has 44 heavy (non-hydrogen) atoms. The molecule has 0 saturated carbocycles. The Labute approximate surface area is 253 Å². The predicted octanol–water partition coefficient (Wildman–Crippen LogP) is 5.06. The molecule has 0 aliphatic carbocycles. The molecule has 4 heterocycles. The molecule has 10 nitrogen and oxygen atoms in total. The van der Waals surface area contributed by atoms with Crippen LogP contribution in [-0.2, 0) is 14.2 Å². The smallest absolute Gasteiger partial charge is 0.194 e. The fourth-order valence-electron chi connectivity index (χ4n) is 5.67. The van der Waals surface area contributed by atoms with Crippen molar-refractivity contribution in [3.8, 4) is 16.9 Å². The second-order valence-electron chi connectivity index (χ2n) is 10.5. The fourth-order valence-corrected chi connectivity index (χ4v) is 5.85. The first-order chi connectivity index (χ1) is 21.3. The quantitative estimate of drug-likeness (QED) is 0.270. The zero-order valence-electron chi connectivity index (χ0n) is 23.0. The predicted molar refractivity (Wildman–Crippen MR) is 149 cm³/mol. The van der Waals surface area contributed by atoms with Crippen molar-refractivity contribution in [2.24, 2.45) is 0 Å². The van der Waals surface area contributed by atoms with Crippen LogP contribution in [0.3, 0.4) is 0 Å². The van der Waals surface area contributed by atoms with Gasteiger partial charge in [-0.3, -0.25) is 4.57 Å². The average Bonchev–Trinajstić information content (AvgIpc) is 3.66. The SMILES string of the molecule is Cc1nnc([C@@H]2O[C@@H]3COC(c4ccccc4)O[C@@H]3[C@H](n3cc(-c4cc(F)c(F)c(F)c4)nn3)[C@H]2O)n1-c1cccc(Cl)c1. The lowest BCUT2D eigenvalue weighted by Gasteiger charge is -2.47. The Morgan fingerprint density at radius 2 is 1.70 bits per heavy atom. The van der Waals surface area contributed by atoms with Crippen molar-refractivity contribution >= 4 is 11.6 Å². The van der Waals surface area contributed by atoms with E-state index >= 15 is 0 Å². The highest BCUT2D eigenvalue weighted by Gasteiger charge is 2.52. The number of aliphatic hydroxyl groups is 1. The van der Waals surface area contributed by atoms with Gasteiger partial charge in [0.05, 0.1) is 18.5 Å². The third-order valence-corrected chi connectivity index (χ3v) is 7.95. The van der Waals surface area contributed by atoms with Crippen LogP contribution in [0, 0.1) is 24.4 Å². The monoisotopic (exact) mass is 624 g/mol. The molecule has 2 aromatic heterocycles. The van der Waals surface area contributed by atoms with Crippen LogP contribution < -0.4 is 0 Å². The molecule has 226 valence electrons. The van der Waals surface area contributed by atoms with E-state index in [4.69, 9.17) is 25.8 Å². The molecule has 0 bridgehead atoms. The molecule has 2 aliphatic heterocycles. The van der Waals surface area contributed by atoms with Gasteiger partial charge in [-0.05, 0) is 37.3 Å². The van der Waals surface area contributed by atoms with Crippen LogP contribution in [-0.4, -0.2) is 59.8 Å². The van der Waals surface area contributed by atoms with Crippen molar-refractivity contribution in [1.29, 1.82) is 0 Å². The van der Waals surface area contributed by atoms with Crippen LogP contribution in [0.4, 0.5) is 13.2 Å². The molecule has 6 atom stereocenters. The van der Waals surface area contributed by atoms with E-state index in [1.807, 2.05) is 36.4 Å². The fraction of sp³-hybridized carbons (Fsp3) is 0.267. The van der Waals surface area contributed by atoms with Gasteiger partial charge in [-0.2, -0.15) is 0 Å². The van der Waals surface area contributed by atoms with E-state index in [2.05, 4.69) is 20.5 Å². The molecule has 2 saturated heterocycles. The first kappa shape index (κ1) is 28.6. The summed E-state index contributed by atoms with van der Waals surface area (Å²) in [5.74, 6) is -3.49. The van der Waals surface area contributed by atoms with Gasteiger partial charge >= 0.3 is 0 Å². The summed E-state index contributed by atoms with van der Waals surface area (Å²) in [6.07, 6.45) is -3.25. The first-order valence-electron chi connectivity index (χ1n) is 13.7. The molecule has 1 N–H and O–H groups in total. The van der Waals surface area contributed by atoms with Crippen LogP contribution in [0.25, 0.3) is 16.9 Å². The summed E-state index contributed by atoms with van der Waals surface area (Å²) < 4.78 is 63.6. The number of rotatable bonds is 5. The number of hydrogen-bond acceptors (Lipinski definition) is 8. The van der Waals surface area contributed by atoms with E-state index in [-0.39, 0.29) is 17.9 Å². The minimum absolute atomic E-state index is 0.0336. The number of nitrogens with zero attached hydrogens (tertiary/aromatic N) is 6. The summed E-state index contributed by atoms with van der Waals surface area (Å²) in [6.45, 7) is 1.86. The molecule has 1 unspecified atom stereocenters. The van der Waals surface area contributed by atoms with E-state index in [0.717, 1.165) is 17.7 Å². The number of fused-ring (bicyclic) bond motifs is 1. The molecule has 0 radical (unpaired) electrons. The van der Waals surface area contributed by atoms with Gasteiger partial charge in [0.15, 0.2) is 29.6 Å². The summed E-state index contributed by atoms with van der Waals surface area (Å²) in [5, 5.41) is 29.3. The number of aromatic nitrogens is 6. The number of benzene rings is 3. The minimum atomic E-state index is -1.59. The number of ether oxygens (including phenoxy) is 3. The molecule has 7 rings (SSSR count). The van der Waals surface area contributed by atoms with Crippen LogP contribution in [0.1, 0.15) is 35.6 Å². The number of aryl methyl sites for hydroxylation is 1. The second kappa shape index (κ2) is 11.4. The summed E-state index contributed by atoms with van der Waals surface area (Å²) in [5.41, 5.74) is 1.44. The Hall–Kier alpha value is -4.14. The van der Waals surface area contributed by atoms with Gasteiger partial charge in [0, 0.05) is 16.1 Å². The Morgan fingerprint density at radius 3 is 2.45 bits per heavy atom. The Bertz CT molecular complexity index is 1800. The highest BCUT2D eigenvalue weighted by atomic mass is 35.5. The third-order valence-electron chi connectivity index (χ3n) is 7.71.